The molecule has 2 aromatic rings. The highest BCUT2D eigenvalue weighted by molar-refractivity contribution is 6.31. The van der Waals surface area contributed by atoms with Gasteiger partial charge in [0.25, 0.3) is 0 Å². The van der Waals surface area contributed by atoms with Crippen LogP contribution in [0.1, 0.15) is 68.8 Å². The van der Waals surface area contributed by atoms with Gasteiger partial charge < -0.3 is 39.7 Å². The number of phenolic OH excluding ortho intramolecular Hbond substituents is 2. The number of halogens is 4. The van der Waals surface area contributed by atoms with Crippen LogP contribution in [-0.2, 0) is 20.7 Å². The standard InChI is InChI=1S/C29H31F3N2O11.ClH/c1-11-23(37)14(34-33-10-29(30,31)32)6-18(44-11)45-16-8-28(42,17(36)9-35)7-13-20(16)27(41)22-21(25(13)39)24(38)12-4-3-5-15(43-2)19(12)26(22)40;/h3-5,11,14,16,18,23,33-35,37,39,41-42H,6-10H2,1-2H3;1H/t11?,14?,16-,18?,23?,28-;/m0./s1. The van der Waals surface area contributed by atoms with E-state index >= 15 is 0 Å². The zero-order chi connectivity index (χ0) is 33.0. The molecule has 1 fully saturated rings. The van der Waals surface area contributed by atoms with Crippen molar-refractivity contribution in [2.75, 3.05) is 20.3 Å². The number of methoxy groups -OCH3 is 1. The first-order valence-corrected chi connectivity index (χ1v) is 13.9. The smallest absolute Gasteiger partial charge is 0.402 e. The molecule has 0 radical (unpaired) electrons. The van der Waals surface area contributed by atoms with Crippen molar-refractivity contribution >= 4 is 29.8 Å². The Hall–Kier alpha value is -3.35. The number of aliphatic hydroxyl groups is 3. The first kappa shape index (κ1) is 35.5. The molecule has 252 valence electrons. The molecule has 1 heterocycles. The van der Waals surface area contributed by atoms with Crippen molar-refractivity contribution in [2.45, 2.75) is 68.6 Å². The Kier molecular flexibility index (Phi) is 10.1. The van der Waals surface area contributed by atoms with Crippen molar-refractivity contribution in [1.82, 2.24) is 10.9 Å². The lowest BCUT2D eigenvalue weighted by atomic mass is 9.72. The van der Waals surface area contributed by atoms with Crippen LogP contribution in [0, 0.1) is 0 Å². The third kappa shape index (κ3) is 6.18. The molecule has 7 N–H and O–H groups in total. The average molecular weight is 677 g/mol. The maximum atomic E-state index is 13.7. The van der Waals surface area contributed by atoms with E-state index in [1.165, 1.54) is 32.2 Å². The Morgan fingerprint density at radius 3 is 2.43 bits per heavy atom. The molecule has 6 atom stereocenters. The molecule has 2 aliphatic carbocycles. The zero-order valence-electron chi connectivity index (χ0n) is 24.4. The zero-order valence-corrected chi connectivity index (χ0v) is 25.2. The Balaban J connectivity index is 0.00000480. The van der Waals surface area contributed by atoms with E-state index in [4.69, 9.17) is 14.2 Å². The number of aromatic hydroxyl groups is 2. The summed E-state index contributed by atoms with van der Waals surface area (Å²) >= 11 is 0. The summed E-state index contributed by atoms with van der Waals surface area (Å²) in [5, 5.41) is 54.4. The summed E-state index contributed by atoms with van der Waals surface area (Å²) in [4.78, 5) is 40.0. The van der Waals surface area contributed by atoms with Gasteiger partial charge in [0.15, 0.2) is 17.9 Å². The lowest BCUT2D eigenvalue weighted by Crippen LogP contribution is -2.58. The van der Waals surface area contributed by atoms with Crippen LogP contribution >= 0.6 is 12.4 Å². The summed E-state index contributed by atoms with van der Waals surface area (Å²) in [5.41, 5.74) is 0.0328. The molecule has 0 amide bonds. The highest BCUT2D eigenvalue weighted by atomic mass is 35.5. The molecular weight excluding hydrogens is 645 g/mol. The van der Waals surface area contributed by atoms with Gasteiger partial charge in [-0.1, -0.05) is 12.1 Å². The number of alkyl halides is 3. The second-order valence-electron chi connectivity index (χ2n) is 11.2. The molecule has 0 aromatic heterocycles. The number of ketones is 3. The summed E-state index contributed by atoms with van der Waals surface area (Å²) in [7, 11) is 1.28. The Labute approximate surface area is 265 Å². The van der Waals surface area contributed by atoms with Gasteiger partial charge in [0, 0.05) is 36.0 Å². The highest BCUT2D eigenvalue weighted by Crippen LogP contribution is 2.52. The molecular formula is C29H32ClF3N2O11. The summed E-state index contributed by atoms with van der Waals surface area (Å²) in [6, 6.07) is 3.17. The molecule has 0 bridgehead atoms. The van der Waals surface area contributed by atoms with Gasteiger partial charge in [0.05, 0.1) is 48.2 Å². The fourth-order valence-electron chi connectivity index (χ4n) is 6.14. The monoisotopic (exact) mass is 676 g/mol. The van der Waals surface area contributed by atoms with E-state index in [9.17, 15) is 53.1 Å². The maximum Gasteiger partial charge on any atom is 0.402 e. The van der Waals surface area contributed by atoms with Crippen LogP contribution in [-0.4, -0.2) is 99.5 Å². The van der Waals surface area contributed by atoms with Crippen molar-refractivity contribution in [2.24, 2.45) is 0 Å². The maximum absolute atomic E-state index is 13.7. The Bertz CT molecular complexity index is 1560. The summed E-state index contributed by atoms with van der Waals surface area (Å²) in [6.07, 6.45) is -11.3. The molecule has 13 nitrogen and oxygen atoms in total. The van der Waals surface area contributed by atoms with Crippen molar-refractivity contribution < 1.29 is 67.3 Å². The van der Waals surface area contributed by atoms with Crippen molar-refractivity contribution in [3.05, 3.63) is 51.6 Å². The van der Waals surface area contributed by atoms with Gasteiger partial charge in [-0.3, -0.25) is 19.8 Å². The number of rotatable bonds is 8. The SMILES string of the molecule is COc1cccc2c1C(=O)c1c(O)c3c(c(O)c1C2=O)C[C@@](O)(C(=O)CO)C[C@@H]3OC1CC(NNCC(F)(F)F)C(O)C(C)O1.Cl. The lowest BCUT2D eigenvalue weighted by Gasteiger charge is -2.43. The number of fused-ring (bicyclic) bond motifs is 3. The van der Waals surface area contributed by atoms with E-state index < -0.39 is 108 Å². The van der Waals surface area contributed by atoms with Gasteiger partial charge in [0.2, 0.25) is 5.78 Å². The molecule has 1 saturated heterocycles. The van der Waals surface area contributed by atoms with E-state index in [1.54, 1.807) is 0 Å². The van der Waals surface area contributed by atoms with E-state index in [1.807, 2.05) is 5.43 Å². The second-order valence-corrected chi connectivity index (χ2v) is 11.2. The summed E-state index contributed by atoms with van der Waals surface area (Å²) in [6.45, 7) is -1.10. The van der Waals surface area contributed by atoms with Crippen LogP contribution in [0.2, 0.25) is 0 Å². The number of nitrogens with one attached hydrogen (secondary N) is 2. The van der Waals surface area contributed by atoms with E-state index in [0.717, 1.165) is 0 Å². The minimum Gasteiger partial charge on any atom is -0.507 e. The topological polar surface area (TPSA) is 204 Å². The second kappa shape index (κ2) is 13.0. The van der Waals surface area contributed by atoms with Gasteiger partial charge in [-0.15, -0.1) is 12.4 Å². The molecule has 0 spiro atoms. The summed E-state index contributed by atoms with van der Waals surface area (Å²) in [5.74, 6) is -4.31. The normalized spacial score (nSPS) is 27.3. The lowest BCUT2D eigenvalue weighted by molar-refractivity contribution is -0.251. The molecule has 3 aliphatic rings. The Morgan fingerprint density at radius 2 is 1.80 bits per heavy atom. The van der Waals surface area contributed by atoms with Crippen LogP contribution < -0.4 is 15.6 Å². The van der Waals surface area contributed by atoms with E-state index in [2.05, 4.69) is 5.43 Å². The van der Waals surface area contributed by atoms with E-state index in [0.29, 0.717) is 0 Å². The van der Waals surface area contributed by atoms with Crippen LogP contribution in [0.4, 0.5) is 13.2 Å². The molecule has 0 saturated carbocycles. The number of carbonyl (C=O) groups excluding carboxylic acids is 3. The fraction of sp³-hybridized carbons (Fsp3) is 0.483. The van der Waals surface area contributed by atoms with Gasteiger partial charge in [-0.2, -0.15) is 13.2 Å². The first-order chi connectivity index (χ1) is 21.1. The number of hydrogen-bond acceptors (Lipinski definition) is 13. The number of carbonyl (C=O) groups is 3. The van der Waals surface area contributed by atoms with Crippen molar-refractivity contribution in [3.63, 3.8) is 0 Å². The largest absolute Gasteiger partial charge is 0.507 e. The number of Topliss-reactive ketones (excluding diaryl/α,β-unsaturated/α-hetero) is 1. The van der Waals surface area contributed by atoms with Crippen LogP contribution in [0.25, 0.3) is 0 Å². The number of hydrogen-bond donors (Lipinski definition) is 7. The van der Waals surface area contributed by atoms with Crippen molar-refractivity contribution in [1.29, 1.82) is 0 Å². The first-order valence-electron chi connectivity index (χ1n) is 13.9. The van der Waals surface area contributed by atoms with Crippen LogP contribution in [0.5, 0.6) is 17.2 Å². The highest BCUT2D eigenvalue weighted by Gasteiger charge is 2.50. The third-order valence-electron chi connectivity index (χ3n) is 8.34. The number of ether oxygens (including phenoxy) is 3. The number of phenols is 2. The molecule has 17 heteroatoms. The predicted molar refractivity (Wildman–Crippen MR) is 152 cm³/mol. The molecule has 5 rings (SSSR count). The number of benzene rings is 2. The number of aliphatic hydroxyl groups excluding tert-OH is 2. The quantitative estimate of drug-likeness (QED) is 0.132. The van der Waals surface area contributed by atoms with Gasteiger partial charge in [-0.25, -0.2) is 5.43 Å². The fourth-order valence-corrected chi connectivity index (χ4v) is 6.14. The molecule has 4 unspecified atom stereocenters. The van der Waals surface area contributed by atoms with Gasteiger partial charge in [-0.05, 0) is 13.0 Å². The minimum absolute atomic E-state index is 0. The molecule has 46 heavy (non-hydrogen) atoms. The van der Waals surface area contributed by atoms with Crippen LogP contribution in [0.3, 0.4) is 0 Å². The minimum atomic E-state index is -4.55. The van der Waals surface area contributed by atoms with Crippen LogP contribution in [0.15, 0.2) is 18.2 Å². The molecule has 1 aliphatic heterocycles. The predicted octanol–water partition coefficient (Wildman–Crippen LogP) is 1.12. The third-order valence-corrected chi connectivity index (χ3v) is 8.34. The average Bonchev–Trinajstić information content (AvgIpc) is 2.98. The summed E-state index contributed by atoms with van der Waals surface area (Å²) < 4.78 is 55.0. The van der Waals surface area contributed by atoms with E-state index in [-0.39, 0.29) is 46.8 Å². The van der Waals surface area contributed by atoms with Gasteiger partial charge >= 0.3 is 6.18 Å². The van der Waals surface area contributed by atoms with Gasteiger partial charge in [0.1, 0.15) is 36.0 Å². The Morgan fingerprint density at radius 1 is 1.13 bits per heavy atom. The number of hydrazine groups is 1. The molecule has 2 aromatic carbocycles. The van der Waals surface area contributed by atoms with Crippen molar-refractivity contribution in [3.8, 4) is 17.2 Å².